The average Bonchev–Trinajstić information content (AvgIpc) is 2.45. The van der Waals surface area contributed by atoms with Gasteiger partial charge in [0.25, 0.3) is 5.91 Å². The van der Waals surface area contributed by atoms with E-state index >= 15 is 0 Å². The normalized spacial score (nSPS) is 10.2. The zero-order valence-corrected chi connectivity index (χ0v) is 10.8. The van der Waals surface area contributed by atoms with Gasteiger partial charge in [0.15, 0.2) is 0 Å². The third-order valence-corrected chi connectivity index (χ3v) is 2.97. The Balaban J connectivity index is 1.99. The van der Waals surface area contributed by atoms with Crippen LogP contribution in [0.5, 0.6) is 5.75 Å². The highest BCUT2D eigenvalue weighted by atomic mass is 16.3. The number of phenolic OH excluding ortho intramolecular Hbond substituents is 1. The largest absolute Gasteiger partial charge is 0.507 e. The molecular formula is C15H16N2O2. The number of amides is 1. The lowest BCUT2D eigenvalue weighted by atomic mass is 10.1. The molecule has 0 unspecified atom stereocenters. The fraction of sp³-hybridized carbons (Fsp3) is 0.200. The van der Waals surface area contributed by atoms with Crippen molar-refractivity contribution in [1.82, 2.24) is 9.88 Å². The van der Waals surface area contributed by atoms with Gasteiger partial charge in [-0.3, -0.25) is 9.78 Å². The van der Waals surface area contributed by atoms with Gasteiger partial charge >= 0.3 is 0 Å². The van der Waals surface area contributed by atoms with Crippen molar-refractivity contribution in [2.45, 2.75) is 6.42 Å². The van der Waals surface area contributed by atoms with E-state index in [2.05, 4.69) is 4.98 Å². The Morgan fingerprint density at radius 1 is 1.21 bits per heavy atom. The van der Waals surface area contributed by atoms with Gasteiger partial charge in [-0.1, -0.05) is 12.1 Å². The second-order valence-corrected chi connectivity index (χ2v) is 4.35. The van der Waals surface area contributed by atoms with E-state index in [0.717, 1.165) is 12.0 Å². The lowest BCUT2D eigenvalue weighted by Gasteiger charge is -2.17. The minimum absolute atomic E-state index is 0.0169. The number of hydrogen-bond acceptors (Lipinski definition) is 3. The molecule has 0 saturated heterocycles. The quantitative estimate of drug-likeness (QED) is 0.911. The van der Waals surface area contributed by atoms with Crippen LogP contribution < -0.4 is 0 Å². The van der Waals surface area contributed by atoms with Gasteiger partial charge in [-0.05, 0) is 36.2 Å². The maximum absolute atomic E-state index is 12.1. The van der Waals surface area contributed by atoms with Crippen LogP contribution in [-0.2, 0) is 6.42 Å². The number of pyridine rings is 1. The standard InChI is InChI=1S/C15H16N2O2/c1-17(11-8-12-6-9-16-10-7-12)15(19)13-4-2-3-5-14(13)18/h2-7,9-10,18H,8,11H2,1H3. The summed E-state index contributed by atoms with van der Waals surface area (Å²) in [4.78, 5) is 17.7. The molecule has 0 atom stereocenters. The van der Waals surface area contributed by atoms with Crippen LogP contribution in [0.4, 0.5) is 0 Å². The molecule has 0 aliphatic carbocycles. The highest BCUT2D eigenvalue weighted by molar-refractivity contribution is 5.96. The first-order valence-electron chi connectivity index (χ1n) is 6.11. The number of hydrogen-bond donors (Lipinski definition) is 1. The number of aromatic nitrogens is 1. The molecule has 0 aliphatic heterocycles. The van der Waals surface area contributed by atoms with Crippen LogP contribution in [0, 0.1) is 0 Å². The Morgan fingerprint density at radius 3 is 2.58 bits per heavy atom. The van der Waals surface area contributed by atoms with Crippen LogP contribution in [0.3, 0.4) is 0 Å². The molecule has 0 aliphatic rings. The lowest BCUT2D eigenvalue weighted by Crippen LogP contribution is -2.28. The van der Waals surface area contributed by atoms with Gasteiger partial charge in [0.05, 0.1) is 5.56 Å². The Kier molecular flexibility index (Phi) is 4.13. The summed E-state index contributed by atoms with van der Waals surface area (Å²) in [6, 6.07) is 10.4. The number of carbonyl (C=O) groups excluding carboxylic acids is 1. The van der Waals surface area contributed by atoms with E-state index in [0.29, 0.717) is 12.1 Å². The van der Waals surface area contributed by atoms with Gasteiger partial charge in [-0.25, -0.2) is 0 Å². The monoisotopic (exact) mass is 256 g/mol. The predicted octanol–water partition coefficient (Wildman–Crippen LogP) is 2.10. The Bertz CT molecular complexity index is 555. The number of carbonyl (C=O) groups is 1. The summed E-state index contributed by atoms with van der Waals surface area (Å²) in [5.74, 6) is -0.157. The molecule has 1 heterocycles. The van der Waals surface area contributed by atoms with E-state index in [4.69, 9.17) is 0 Å². The van der Waals surface area contributed by atoms with E-state index in [-0.39, 0.29) is 11.7 Å². The number of nitrogens with zero attached hydrogens (tertiary/aromatic N) is 2. The number of rotatable bonds is 4. The molecule has 0 radical (unpaired) electrons. The zero-order chi connectivity index (χ0) is 13.7. The molecule has 98 valence electrons. The van der Waals surface area contributed by atoms with Crippen LogP contribution in [0.1, 0.15) is 15.9 Å². The first-order valence-corrected chi connectivity index (χ1v) is 6.11. The number of phenols is 1. The van der Waals surface area contributed by atoms with Gasteiger partial charge in [0, 0.05) is 26.0 Å². The Morgan fingerprint density at radius 2 is 1.89 bits per heavy atom. The maximum Gasteiger partial charge on any atom is 0.257 e. The second-order valence-electron chi connectivity index (χ2n) is 4.35. The highest BCUT2D eigenvalue weighted by Crippen LogP contribution is 2.17. The van der Waals surface area contributed by atoms with E-state index in [1.54, 1.807) is 42.5 Å². The lowest BCUT2D eigenvalue weighted by molar-refractivity contribution is 0.0793. The molecule has 2 rings (SSSR count). The van der Waals surface area contributed by atoms with Crippen LogP contribution in [0.15, 0.2) is 48.8 Å². The number of para-hydroxylation sites is 1. The summed E-state index contributed by atoms with van der Waals surface area (Å²) >= 11 is 0. The Labute approximate surface area is 112 Å². The van der Waals surface area contributed by atoms with E-state index < -0.39 is 0 Å². The maximum atomic E-state index is 12.1. The van der Waals surface area contributed by atoms with Gasteiger partial charge < -0.3 is 10.0 Å². The molecule has 2 aromatic rings. The summed E-state index contributed by atoms with van der Waals surface area (Å²) in [7, 11) is 1.73. The second kappa shape index (κ2) is 6.00. The molecule has 1 N–H and O–H groups in total. The molecule has 4 heteroatoms. The summed E-state index contributed by atoms with van der Waals surface area (Å²) < 4.78 is 0. The topological polar surface area (TPSA) is 53.4 Å². The third kappa shape index (κ3) is 3.31. The van der Waals surface area contributed by atoms with Crippen LogP contribution in [-0.4, -0.2) is 34.5 Å². The molecule has 4 nitrogen and oxygen atoms in total. The molecule has 1 aromatic heterocycles. The smallest absolute Gasteiger partial charge is 0.257 e. The number of benzene rings is 1. The summed E-state index contributed by atoms with van der Waals surface area (Å²) in [5, 5.41) is 9.66. The first kappa shape index (κ1) is 13.1. The molecule has 1 amide bonds. The molecule has 0 fully saturated rings. The third-order valence-electron chi connectivity index (χ3n) is 2.97. The summed E-state index contributed by atoms with van der Waals surface area (Å²) in [6.45, 7) is 0.594. The zero-order valence-electron chi connectivity index (χ0n) is 10.8. The fourth-order valence-corrected chi connectivity index (χ4v) is 1.81. The molecule has 0 bridgehead atoms. The number of aromatic hydroxyl groups is 1. The van der Waals surface area contributed by atoms with Crippen molar-refractivity contribution in [2.75, 3.05) is 13.6 Å². The average molecular weight is 256 g/mol. The van der Waals surface area contributed by atoms with Crippen molar-refractivity contribution in [1.29, 1.82) is 0 Å². The Hall–Kier alpha value is -2.36. The first-order chi connectivity index (χ1) is 9.18. The van der Waals surface area contributed by atoms with Crippen molar-refractivity contribution in [2.24, 2.45) is 0 Å². The van der Waals surface area contributed by atoms with Gasteiger partial charge in [0.1, 0.15) is 5.75 Å². The van der Waals surface area contributed by atoms with Crippen LogP contribution >= 0.6 is 0 Å². The van der Waals surface area contributed by atoms with Gasteiger partial charge in [-0.15, -0.1) is 0 Å². The van der Waals surface area contributed by atoms with E-state index in [9.17, 15) is 9.90 Å². The number of likely N-dealkylation sites (N-methyl/N-ethyl adjacent to an activating group) is 1. The molecule has 1 aromatic carbocycles. The van der Waals surface area contributed by atoms with Crippen LogP contribution in [0.25, 0.3) is 0 Å². The molecule has 0 spiro atoms. The van der Waals surface area contributed by atoms with Crippen molar-refractivity contribution in [3.05, 3.63) is 59.9 Å². The van der Waals surface area contributed by atoms with E-state index in [1.165, 1.54) is 6.07 Å². The summed E-state index contributed by atoms with van der Waals surface area (Å²) in [6.07, 6.45) is 4.23. The fourth-order valence-electron chi connectivity index (χ4n) is 1.81. The van der Waals surface area contributed by atoms with Gasteiger partial charge in [-0.2, -0.15) is 0 Å². The SMILES string of the molecule is CN(CCc1ccncc1)C(=O)c1ccccc1O. The molecule has 0 saturated carbocycles. The molecular weight excluding hydrogens is 240 g/mol. The molecule has 19 heavy (non-hydrogen) atoms. The highest BCUT2D eigenvalue weighted by Gasteiger charge is 2.14. The van der Waals surface area contributed by atoms with Crippen LogP contribution in [0.2, 0.25) is 0 Å². The van der Waals surface area contributed by atoms with Crippen molar-refractivity contribution >= 4 is 5.91 Å². The van der Waals surface area contributed by atoms with Gasteiger partial charge in [0.2, 0.25) is 0 Å². The minimum Gasteiger partial charge on any atom is -0.507 e. The van der Waals surface area contributed by atoms with Crippen molar-refractivity contribution in [3.63, 3.8) is 0 Å². The summed E-state index contributed by atoms with van der Waals surface area (Å²) in [5.41, 5.74) is 1.46. The van der Waals surface area contributed by atoms with Crippen molar-refractivity contribution < 1.29 is 9.90 Å². The minimum atomic E-state index is -0.174. The van der Waals surface area contributed by atoms with E-state index in [1.807, 2.05) is 12.1 Å². The predicted molar refractivity (Wildman–Crippen MR) is 73.0 cm³/mol. The van der Waals surface area contributed by atoms with Crippen molar-refractivity contribution in [3.8, 4) is 5.75 Å².